The van der Waals surface area contributed by atoms with Crippen molar-refractivity contribution in [2.45, 2.75) is 19.9 Å². The summed E-state index contributed by atoms with van der Waals surface area (Å²) in [6.07, 6.45) is 0. The van der Waals surface area contributed by atoms with Crippen LogP contribution in [0.5, 0.6) is 5.75 Å². The van der Waals surface area contributed by atoms with E-state index in [1.165, 1.54) is 0 Å². The van der Waals surface area contributed by atoms with Crippen LogP contribution in [0.4, 0.5) is 11.4 Å². The van der Waals surface area contributed by atoms with E-state index in [1.807, 2.05) is 25.2 Å². The van der Waals surface area contributed by atoms with Crippen molar-refractivity contribution in [2.75, 3.05) is 24.8 Å². The Morgan fingerprint density at radius 2 is 1.93 bits per heavy atom. The molecule has 3 heteroatoms. The van der Waals surface area contributed by atoms with E-state index < -0.39 is 0 Å². The average molecular weight is 194 g/mol. The van der Waals surface area contributed by atoms with Gasteiger partial charge in [0.15, 0.2) is 0 Å². The van der Waals surface area contributed by atoms with Crippen LogP contribution in [0.1, 0.15) is 13.8 Å². The molecular formula is C11H18N2O. The number of hydrogen-bond acceptors (Lipinski definition) is 3. The van der Waals surface area contributed by atoms with Gasteiger partial charge in [-0.3, -0.25) is 0 Å². The van der Waals surface area contributed by atoms with E-state index in [4.69, 9.17) is 10.5 Å². The lowest BCUT2D eigenvalue weighted by atomic mass is 10.2. The van der Waals surface area contributed by atoms with Crippen molar-refractivity contribution >= 4 is 11.4 Å². The summed E-state index contributed by atoms with van der Waals surface area (Å²) in [5.74, 6) is 0.799. The van der Waals surface area contributed by atoms with E-state index in [0.29, 0.717) is 6.04 Å². The molecule has 1 rings (SSSR count). The first-order valence-electron chi connectivity index (χ1n) is 4.72. The largest absolute Gasteiger partial charge is 0.497 e. The molecule has 14 heavy (non-hydrogen) atoms. The number of hydrogen-bond donors (Lipinski definition) is 1. The molecule has 0 heterocycles. The highest BCUT2D eigenvalue weighted by molar-refractivity contribution is 5.60. The van der Waals surface area contributed by atoms with Crippen LogP contribution in [0.2, 0.25) is 0 Å². The summed E-state index contributed by atoms with van der Waals surface area (Å²) in [7, 11) is 3.69. The molecule has 0 fully saturated rings. The number of nitrogens with zero attached hydrogens (tertiary/aromatic N) is 1. The zero-order chi connectivity index (χ0) is 10.7. The van der Waals surface area contributed by atoms with Crippen molar-refractivity contribution in [1.82, 2.24) is 0 Å². The molecule has 1 aromatic carbocycles. The Hall–Kier alpha value is -1.38. The fourth-order valence-electron chi connectivity index (χ4n) is 1.23. The van der Waals surface area contributed by atoms with Crippen molar-refractivity contribution in [3.05, 3.63) is 18.2 Å². The summed E-state index contributed by atoms with van der Waals surface area (Å²) in [5.41, 5.74) is 7.58. The van der Waals surface area contributed by atoms with Gasteiger partial charge in [0.05, 0.1) is 7.11 Å². The molecule has 3 nitrogen and oxygen atoms in total. The molecule has 0 bridgehead atoms. The smallest absolute Gasteiger partial charge is 0.122 e. The fraction of sp³-hybridized carbons (Fsp3) is 0.455. The van der Waals surface area contributed by atoms with Crippen molar-refractivity contribution in [1.29, 1.82) is 0 Å². The maximum absolute atomic E-state index is 5.77. The lowest BCUT2D eigenvalue weighted by Crippen LogP contribution is -2.25. The van der Waals surface area contributed by atoms with E-state index in [0.717, 1.165) is 17.1 Å². The zero-order valence-electron chi connectivity index (χ0n) is 9.24. The molecule has 0 aromatic heterocycles. The highest BCUT2D eigenvalue weighted by atomic mass is 16.5. The number of ether oxygens (including phenoxy) is 1. The van der Waals surface area contributed by atoms with Crippen molar-refractivity contribution in [3.63, 3.8) is 0 Å². The highest BCUT2D eigenvalue weighted by Crippen LogP contribution is 2.25. The standard InChI is InChI=1S/C11H18N2O/c1-8(2)13(3)10-5-9(12)6-11(7-10)14-4/h5-8H,12H2,1-4H3. The molecule has 2 N–H and O–H groups in total. The molecule has 0 amide bonds. The Morgan fingerprint density at radius 3 is 2.43 bits per heavy atom. The van der Waals surface area contributed by atoms with Crippen LogP contribution < -0.4 is 15.4 Å². The van der Waals surface area contributed by atoms with E-state index in [9.17, 15) is 0 Å². The lowest BCUT2D eigenvalue weighted by molar-refractivity contribution is 0.415. The normalized spacial score (nSPS) is 10.4. The van der Waals surface area contributed by atoms with Crippen LogP contribution in [-0.2, 0) is 0 Å². The molecule has 78 valence electrons. The summed E-state index contributed by atoms with van der Waals surface area (Å²) in [6, 6.07) is 6.19. The number of benzene rings is 1. The van der Waals surface area contributed by atoms with Gasteiger partial charge in [-0.1, -0.05) is 0 Å². The van der Waals surface area contributed by atoms with Crippen LogP contribution in [0.15, 0.2) is 18.2 Å². The third kappa shape index (κ3) is 2.31. The Morgan fingerprint density at radius 1 is 1.29 bits per heavy atom. The van der Waals surface area contributed by atoms with Crippen molar-refractivity contribution < 1.29 is 4.74 Å². The predicted octanol–water partition coefficient (Wildman–Crippen LogP) is 2.12. The molecule has 0 spiro atoms. The van der Waals surface area contributed by atoms with Crippen LogP contribution in [0.25, 0.3) is 0 Å². The van der Waals surface area contributed by atoms with Gasteiger partial charge in [0.25, 0.3) is 0 Å². The summed E-state index contributed by atoms with van der Waals surface area (Å²) in [6.45, 7) is 4.27. The summed E-state index contributed by atoms with van der Waals surface area (Å²) < 4.78 is 5.16. The topological polar surface area (TPSA) is 38.5 Å². The molecule has 1 aromatic rings. The monoisotopic (exact) mass is 194 g/mol. The molecule has 0 aliphatic rings. The first-order valence-corrected chi connectivity index (χ1v) is 4.72. The number of rotatable bonds is 3. The summed E-state index contributed by atoms with van der Waals surface area (Å²) in [5, 5.41) is 0. The van der Waals surface area contributed by atoms with E-state index in [1.54, 1.807) is 7.11 Å². The van der Waals surface area contributed by atoms with Crippen molar-refractivity contribution in [3.8, 4) is 5.75 Å². The van der Waals surface area contributed by atoms with E-state index in [-0.39, 0.29) is 0 Å². The predicted molar refractivity (Wildman–Crippen MR) is 60.9 cm³/mol. The Balaban J connectivity index is 3.02. The molecule has 0 saturated carbocycles. The first-order chi connectivity index (χ1) is 6.54. The Labute approximate surface area is 85.5 Å². The quantitative estimate of drug-likeness (QED) is 0.749. The SMILES string of the molecule is COc1cc(N)cc(N(C)C(C)C)c1. The molecule has 0 aliphatic heterocycles. The van der Waals surface area contributed by atoms with Crippen LogP contribution in [-0.4, -0.2) is 20.2 Å². The van der Waals surface area contributed by atoms with Crippen LogP contribution >= 0.6 is 0 Å². The summed E-state index contributed by atoms with van der Waals surface area (Å²) >= 11 is 0. The third-order valence-corrected chi connectivity index (χ3v) is 2.33. The number of anilines is 2. The van der Waals surface area contributed by atoms with Crippen LogP contribution in [0, 0.1) is 0 Å². The molecule has 0 radical (unpaired) electrons. The molecular weight excluding hydrogens is 176 g/mol. The van der Waals surface area contributed by atoms with Gasteiger partial charge >= 0.3 is 0 Å². The average Bonchev–Trinajstić information content (AvgIpc) is 2.15. The molecule has 0 atom stereocenters. The van der Waals surface area contributed by atoms with Gasteiger partial charge in [-0.05, 0) is 19.9 Å². The second-order valence-electron chi connectivity index (χ2n) is 3.67. The van der Waals surface area contributed by atoms with Gasteiger partial charge in [0.1, 0.15) is 5.75 Å². The number of methoxy groups -OCH3 is 1. The second kappa shape index (κ2) is 4.22. The van der Waals surface area contributed by atoms with Gasteiger partial charge in [0.2, 0.25) is 0 Å². The van der Waals surface area contributed by atoms with E-state index in [2.05, 4.69) is 18.7 Å². The first kappa shape index (κ1) is 10.7. The Bertz CT molecular complexity index is 310. The third-order valence-electron chi connectivity index (χ3n) is 2.33. The molecule has 0 saturated heterocycles. The second-order valence-corrected chi connectivity index (χ2v) is 3.67. The van der Waals surface area contributed by atoms with Gasteiger partial charge < -0.3 is 15.4 Å². The van der Waals surface area contributed by atoms with Gasteiger partial charge in [-0.15, -0.1) is 0 Å². The molecule has 0 unspecified atom stereocenters. The zero-order valence-corrected chi connectivity index (χ0v) is 9.24. The highest BCUT2D eigenvalue weighted by Gasteiger charge is 2.06. The maximum Gasteiger partial charge on any atom is 0.122 e. The number of nitrogens with two attached hydrogens (primary N) is 1. The Kier molecular flexibility index (Phi) is 3.23. The van der Waals surface area contributed by atoms with Crippen LogP contribution in [0.3, 0.4) is 0 Å². The van der Waals surface area contributed by atoms with Gasteiger partial charge in [-0.2, -0.15) is 0 Å². The van der Waals surface area contributed by atoms with Gasteiger partial charge in [0, 0.05) is 36.6 Å². The maximum atomic E-state index is 5.77. The minimum absolute atomic E-state index is 0.446. The molecule has 0 aliphatic carbocycles. The minimum Gasteiger partial charge on any atom is -0.497 e. The van der Waals surface area contributed by atoms with Gasteiger partial charge in [-0.25, -0.2) is 0 Å². The van der Waals surface area contributed by atoms with Crippen molar-refractivity contribution in [2.24, 2.45) is 0 Å². The summed E-state index contributed by atoms with van der Waals surface area (Å²) in [4.78, 5) is 2.15. The van der Waals surface area contributed by atoms with E-state index >= 15 is 0 Å². The fourth-order valence-corrected chi connectivity index (χ4v) is 1.23. The number of nitrogen functional groups attached to an aromatic ring is 1. The minimum atomic E-state index is 0.446. The lowest BCUT2D eigenvalue weighted by Gasteiger charge is -2.24.